The fourth-order valence-electron chi connectivity index (χ4n) is 2.13. The van der Waals surface area contributed by atoms with Gasteiger partial charge in [0.25, 0.3) is 0 Å². The minimum atomic E-state index is -0.943. The molecule has 9 heteroatoms. The molecule has 0 saturated carbocycles. The third kappa shape index (κ3) is 6.74. The lowest BCUT2D eigenvalue weighted by Crippen LogP contribution is -2.33. The zero-order valence-electron chi connectivity index (χ0n) is 15.2. The molecular formula is C18H22F2IN3O3. The molecular weight excluding hydrogens is 471 g/mol. The van der Waals surface area contributed by atoms with E-state index in [0.29, 0.717) is 24.0 Å². The van der Waals surface area contributed by atoms with Gasteiger partial charge < -0.3 is 24.8 Å². The number of ether oxygens (including phenoxy) is 3. The number of nitrogens with zero attached hydrogens (tertiary/aromatic N) is 1. The first-order chi connectivity index (χ1) is 12.6. The van der Waals surface area contributed by atoms with E-state index in [1.807, 2.05) is 6.07 Å². The van der Waals surface area contributed by atoms with E-state index in [1.165, 1.54) is 6.07 Å². The Morgan fingerprint density at radius 2 is 1.74 bits per heavy atom. The molecule has 2 aromatic rings. The van der Waals surface area contributed by atoms with Crippen LogP contribution in [0, 0.1) is 11.6 Å². The summed E-state index contributed by atoms with van der Waals surface area (Å²) in [4.78, 5) is 4.11. The highest BCUT2D eigenvalue weighted by Gasteiger charge is 2.07. The second-order valence-electron chi connectivity index (χ2n) is 5.12. The Hall–Kier alpha value is -2.30. The third-order valence-corrected chi connectivity index (χ3v) is 3.42. The Morgan fingerprint density at radius 1 is 1.00 bits per heavy atom. The lowest BCUT2D eigenvalue weighted by atomic mass is 10.3. The number of aliphatic imine (C=N–C) groups is 1. The number of nitrogens with one attached hydrogen (secondary N) is 2. The second kappa shape index (κ2) is 11.4. The lowest BCUT2D eigenvalue weighted by Gasteiger charge is -2.14. The minimum absolute atomic E-state index is 0. The zero-order chi connectivity index (χ0) is 18.9. The maximum absolute atomic E-state index is 13.1. The van der Waals surface area contributed by atoms with Crippen LogP contribution < -0.4 is 24.8 Å². The van der Waals surface area contributed by atoms with E-state index in [0.717, 1.165) is 17.8 Å². The van der Waals surface area contributed by atoms with Crippen LogP contribution >= 0.6 is 24.0 Å². The average molecular weight is 493 g/mol. The van der Waals surface area contributed by atoms with Gasteiger partial charge in [0.1, 0.15) is 12.4 Å². The Bertz CT molecular complexity index is 776. The normalized spacial score (nSPS) is 10.6. The maximum Gasteiger partial charge on any atom is 0.195 e. The van der Waals surface area contributed by atoms with E-state index in [4.69, 9.17) is 14.2 Å². The van der Waals surface area contributed by atoms with Crippen LogP contribution in [0.1, 0.15) is 0 Å². The molecule has 2 aromatic carbocycles. The van der Waals surface area contributed by atoms with Crippen molar-refractivity contribution in [1.82, 2.24) is 5.32 Å². The number of benzene rings is 2. The summed E-state index contributed by atoms with van der Waals surface area (Å²) < 4.78 is 41.8. The van der Waals surface area contributed by atoms with Crippen molar-refractivity contribution in [2.45, 2.75) is 0 Å². The molecule has 0 bridgehead atoms. The molecule has 2 rings (SSSR count). The molecule has 0 radical (unpaired) electrons. The summed E-state index contributed by atoms with van der Waals surface area (Å²) in [6.07, 6.45) is 0. The van der Waals surface area contributed by atoms with Crippen molar-refractivity contribution in [2.75, 3.05) is 39.7 Å². The third-order valence-electron chi connectivity index (χ3n) is 3.42. The number of hydrogen-bond acceptors (Lipinski definition) is 4. The topological polar surface area (TPSA) is 64.1 Å². The highest BCUT2D eigenvalue weighted by atomic mass is 127. The smallest absolute Gasteiger partial charge is 0.195 e. The molecule has 2 N–H and O–H groups in total. The average Bonchev–Trinajstić information content (AvgIpc) is 2.66. The summed E-state index contributed by atoms with van der Waals surface area (Å²) in [5, 5.41) is 6.16. The van der Waals surface area contributed by atoms with Gasteiger partial charge in [-0.3, -0.25) is 4.99 Å². The van der Waals surface area contributed by atoms with Gasteiger partial charge in [0, 0.05) is 24.9 Å². The van der Waals surface area contributed by atoms with Crippen molar-refractivity contribution in [3.05, 3.63) is 48.0 Å². The Balaban J connectivity index is 0.00000364. The van der Waals surface area contributed by atoms with Crippen molar-refractivity contribution in [3.63, 3.8) is 0 Å². The van der Waals surface area contributed by atoms with Gasteiger partial charge in [0.05, 0.1) is 20.8 Å². The number of anilines is 1. The summed E-state index contributed by atoms with van der Waals surface area (Å²) >= 11 is 0. The summed E-state index contributed by atoms with van der Waals surface area (Å²) in [6.45, 7) is 0.656. The summed E-state index contributed by atoms with van der Waals surface area (Å²) in [7, 11) is 4.76. The first-order valence-corrected chi connectivity index (χ1v) is 7.85. The van der Waals surface area contributed by atoms with Crippen LogP contribution in [0.15, 0.2) is 41.4 Å². The lowest BCUT2D eigenvalue weighted by molar-refractivity contribution is 0.319. The molecule has 0 saturated heterocycles. The van der Waals surface area contributed by atoms with Gasteiger partial charge in [-0.2, -0.15) is 0 Å². The fraction of sp³-hybridized carbons (Fsp3) is 0.278. The Labute approximate surface area is 173 Å². The van der Waals surface area contributed by atoms with Crippen LogP contribution in [-0.4, -0.2) is 40.4 Å². The predicted molar refractivity (Wildman–Crippen MR) is 112 cm³/mol. The van der Waals surface area contributed by atoms with Gasteiger partial charge in [-0.05, 0) is 24.3 Å². The quantitative estimate of drug-likeness (QED) is 0.267. The molecule has 0 aromatic heterocycles. The molecule has 0 atom stereocenters. The van der Waals surface area contributed by atoms with Gasteiger partial charge in [-0.15, -0.1) is 24.0 Å². The SMILES string of the molecule is CN=C(NCCOc1ccc(F)c(F)c1)Nc1ccc(OC)c(OC)c1.I. The molecule has 6 nitrogen and oxygen atoms in total. The highest BCUT2D eigenvalue weighted by molar-refractivity contribution is 14.0. The first-order valence-electron chi connectivity index (χ1n) is 7.85. The second-order valence-corrected chi connectivity index (χ2v) is 5.12. The summed E-state index contributed by atoms with van der Waals surface area (Å²) in [5.41, 5.74) is 0.761. The predicted octanol–water partition coefficient (Wildman–Crippen LogP) is 3.67. The molecule has 0 heterocycles. The molecule has 27 heavy (non-hydrogen) atoms. The molecule has 0 aliphatic rings. The zero-order valence-corrected chi connectivity index (χ0v) is 17.5. The van der Waals surface area contributed by atoms with Crippen molar-refractivity contribution < 1.29 is 23.0 Å². The van der Waals surface area contributed by atoms with E-state index in [1.54, 1.807) is 33.4 Å². The van der Waals surface area contributed by atoms with Crippen LogP contribution in [0.3, 0.4) is 0 Å². The number of methoxy groups -OCH3 is 2. The fourth-order valence-corrected chi connectivity index (χ4v) is 2.13. The van der Waals surface area contributed by atoms with Crippen LogP contribution in [0.2, 0.25) is 0 Å². The molecule has 148 valence electrons. The van der Waals surface area contributed by atoms with Crippen LogP contribution in [-0.2, 0) is 0 Å². The summed E-state index contributed by atoms with van der Waals surface area (Å²) in [6, 6.07) is 8.78. The van der Waals surface area contributed by atoms with Crippen LogP contribution in [0.4, 0.5) is 14.5 Å². The Morgan fingerprint density at radius 3 is 2.37 bits per heavy atom. The van der Waals surface area contributed by atoms with Gasteiger partial charge >= 0.3 is 0 Å². The number of rotatable bonds is 7. The van der Waals surface area contributed by atoms with Crippen molar-refractivity contribution in [1.29, 1.82) is 0 Å². The molecule has 0 aliphatic carbocycles. The van der Waals surface area contributed by atoms with Gasteiger partial charge in [0.15, 0.2) is 29.1 Å². The van der Waals surface area contributed by atoms with E-state index >= 15 is 0 Å². The number of hydrogen-bond donors (Lipinski definition) is 2. The molecule has 0 spiro atoms. The van der Waals surface area contributed by atoms with E-state index in [2.05, 4.69) is 15.6 Å². The van der Waals surface area contributed by atoms with Crippen molar-refractivity contribution >= 4 is 35.6 Å². The number of guanidine groups is 1. The van der Waals surface area contributed by atoms with Crippen LogP contribution in [0.5, 0.6) is 17.2 Å². The molecule has 0 amide bonds. The van der Waals surface area contributed by atoms with Gasteiger partial charge in [0.2, 0.25) is 0 Å². The minimum Gasteiger partial charge on any atom is -0.493 e. The maximum atomic E-state index is 13.1. The van der Waals surface area contributed by atoms with Crippen molar-refractivity contribution in [2.24, 2.45) is 4.99 Å². The Kier molecular flexibility index (Phi) is 9.62. The standard InChI is InChI=1S/C18H21F2N3O3.HI/c1-21-18(23-12-4-7-16(24-2)17(10-12)25-3)22-8-9-26-13-5-6-14(19)15(20)11-13;/h4-7,10-11H,8-9H2,1-3H3,(H2,21,22,23);1H. The molecule has 0 unspecified atom stereocenters. The number of halogens is 3. The summed E-state index contributed by atoms with van der Waals surface area (Å²) in [5.74, 6) is 0.145. The largest absolute Gasteiger partial charge is 0.493 e. The molecule has 0 aliphatic heterocycles. The van der Waals surface area contributed by atoms with E-state index in [-0.39, 0.29) is 36.3 Å². The highest BCUT2D eigenvalue weighted by Crippen LogP contribution is 2.29. The van der Waals surface area contributed by atoms with E-state index in [9.17, 15) is 8.78 Å². The molecule has 0 fully saturated rings. The monoisotopic (exact) mass is 493 g/mol. The van der Waals surface area contributed by atoms with Gasteiger partial charge in [-0.25, -0.2) is 8.78 Å². The van der Waals surface area contributed by atoms with Gasteiger partial charge in [-0.1, -0.05) is 0 Å². The van der Waals surface area contributed by atoms with Crippen molar-refractivity contribution in [3.8, 4) is 17.2 Å². The van der Waals surface area contributed by atoms with E-state index < -0.39 is 11.6 Å². The van der Waals surface area contributed by atoms with Crippen LogP contribution in [0.25, 0.3) is 0 Å². The first kappa shape index (κ1) is 22.7.